The van der Waals surface area contributed by atoms with Crippen LogP contribution in [-0.4, -0.2) is 11.1 Å². The molecule has 2 rings (SSSR count). The predicted octanol–water partition coefficient (Wildman–Crippen LogP) is 4.12. The second kappa shape index (κ2) is 5.89. The molecule has 0 aliphatic heterocycles. The Labute approximate surface area is 115 Å². The topological polar surface area (TPSA) is 37.3 Å². The molecule has 0 amide bonds. The van der Waals surface area contributed by atoms with Gasteiger partial charge < -0.3 is 5.11 Å². The van der Waals surface area contributed by atoms with Gasteiger partial charge in [-0.3, -0.25) is 0 Å². The van der Waals surface area contributed by atoms with Gasteiger partial charge in [-0.15, -0.1) is 11.8 Å². The number of hydrogen-bond donors (Lipinski definition) is 1. The van der Waals surface area contributed by atoms with Crippen LogP contribution in [-0.2, 0) is 5.75 Å². The zero-order chi connectivity index (χ0) is 13.8. The molecule has 0 unspecified atom stereocenters. The van der Waals surface area contributed by atoms with Gasteiger partial charge in [0.05, 0.1) is 5.56 Å². The van der Waals surface area contributed by atoms with E-state index in [4.69, 9.17) is 5.11 Å². The van der Waals surface area contributed by atoms with Crippen molar-refractivity contribution in [3.63, 3.8) is 0 Å². The third-order valence-electron chi connectivity index (χ3n) is 2.82. The lowest BCUT2D eigenvalue weighted by Gasteiger charge is -2.06. The lowest BCUT2D eigenvalue weighted by atomic mass is 10.1. The number of carboxylic acid groups (broad SMARTS) is 1. The van der Waals surface area contributed by atoms with Crippen molar-refractivity contribution in [2.24, 2.45) is 0 Å². The number of halogens is 1. The molecule has 0 fully saturated rings. The summed E-state index contributed by atoms with van der Waals surface area (Å²) in [7, 11) is 0. The van der Waals surface area contributed by atoms with E-state index in [-0.39, 0.29) is 5.56 Å². The third-order valence-corrected chi connectivity index (χ3v) is 3.87. The van der Waals surface area contributed by atoms with Crippen molar-refractivity contribution in [3.8, 4) is 0 Å². The Bertz CT molecular complexity index is 611. The van der Waals surface area contributed by atoms with E-state index in [1.54, 1.807) is 6.07 Å². The standard InChI is InChI=1S/C15H13FO2S/c1-10-4-2-3-5-11(10)9-19-12-6-7-14(16)13(8-12)15(17)18/h2-8H,9H2,1H3,(H,17,18). The highest BCUT2D eigenvalue weighted by molar-refractivity contribution is 7.98. The molecule has 98 valence electrons. The number of aryl methyl sites for hydroxylation is 1. The molecule has 0 bridgehead atoms. The van der Waals surface area contributed by atoms with Crippen molar-refractivity contribution in [3.05, 3.63) is 65.0 Å². The van der Waals surface area contributed by atoms with Gasteiger partial charge in [0, 0.05) is 10.6 Å². The van der Waals surface area contributed by atoms with Crippen LogP contribution in [0.4, 0.5) is 4.39 Å². The Hall–Kier alpha value is -1.81. The number of hydrogen-bond acceptors (Lipinski definition) is 2. The summed E-state index contributed by atoms with van der Waals surface area (Å²) in [6.07, 6.45) is 0. The quantitative estimate of drug-likeness (QED) is 0.853. The molecular weight excluding hydrogens is 263 g/mol. The summed E-state index contributed by atoms with van der Waals surface area (Å²) in [4.78, 5) is 11.6. The molecular formula is C15H13FO2S. The number of thioether (sulfide) groups is 1. The lowest BCUT2D eigenvalue weighted by molar-refractivity contribution is 0.0691. The monoisotopic (exact) mass is 276 g/mol. The number of carbonyl (C=O) groups is 1. The zero-order valence-corrected chi connectivity index (χ0v) is 11.2. The normalized spacial score (nSPS) is 10.4. The lowest BCUT2D eigenvalue weighted by Crippen LogP contribution is -2.00. The summed E-state index contributed by atoms with van der Waals surface area (Å²) in [5.74, 6) is -1.21. The summed E-state index contributed by atoms with van der Waals surface area (Å²) >= 11 is 1.50. The van der Waals surface area contributed by atoms with Crippen LogP contribution < -0.4 is 0 Å². The van der Waals surface area contributed by atoms with Crippen molar-refractivity contribution in [2.45, 2.75) is 17.6 Å². The van der Waals surface area contributed by atoms with E-state index in [0.717, 1.165) is 10.6 Å². The van der Waals surface area contributed by atoms with Gasteiger partial charge in [-0.1, -0.05) is 24.3 Å². The maximum atomic E-state index is 13.3. The summed E-state index contributed by atoms with van der Waals surface area (Å²) in [6.45, 7) is 2.03. The summed E-state index contributed by atoms with van der Waals surface area (Å²) in [5.41, 5.74) is 2.10. The predicted molar refractivity (Wildman–Crippen MR) is 74.1 cm³/mol. The van der Waals surface area contributed by atoms with E-state index in [2.05, 4.69) is 0 Å². The SMILES string of the molecule is Cc1ccccc1CSc1ccc(F)c(C(=O)O)c1. The molecule has 4 heteroatoms. The first-order valence-electron chi connectivity index (χ1n) is 5.78. The van der Waals surface area contributed by atoms with Crippen molar-refractivity contribution in [2.75, 3.05) is 0 Å². The molecule has 0 aliphatic carbocycles. The van der Waals surface area contributed by atoms with E-state index in [1.807, 2.05) is 31.2 Å². The smallest absolute Gasteiger partial charge is 0.338 e. The maximum Gasteiger partial charge on any atom is 0.338 e. The van der Waals surface area contributed by atoms with Gasteiger partial charge in [0.15, 0.2) is 0 Å². The Kier molecular flexibility index (Phi) is 4.22. The fourth-order valence-electron chi connectivity index (χ4n) is 1.69. The van der Waals surface area contributed by atoms with Crippen LogP contribution in [0.25, 0.3) is 0 Å². The summed E-state index contributed by atoms with van der Waals surface area (Å²) < 4.78 is 13.3. The van der Waals surface area contributed by atoms with Crippen molar-refractivity contribution >= 4 is 17.7 Å². The van der Waals surface area contributed by atoms with Crippen LogP contribution in [0.3, 0.4) is 0 Å². The highest BCUT2D eigenvalue weighted by Gasteiger charge is 2.11. The van der Waals surface area contributed by atoms with Crippen molar-refractivity contribution in [1.82, 2.24) is 0 Å². The zero-order valence-electron chi connectivity index (χ0n) is 10.4. The molecule has 0 radical (unpaired) electrons. The summed E-state index contributed by atoms with van der Waals surface area (Å²) in [5, 5.41) is 8.87. The first-order chi connectivity index (χ1) is 9.08. The van der Waals surface area contributed by atoms with Gasteiger partial charge in [0.1, 0.15) is 5.82 Å². The first-order valence-corrected chi connectivity index (χ1v) is 6.76. The van der Waals surface area contributed by atoms with Crippen LogP contribution in [0.1, 0.15) is 21.5 Å². The van der Waals surface area contributed by atoms with Crippen molar-refractivity contribution in [1.29, 1.82) is 0 Å². The molecule has 0 saturated carbocycles. The third kappa shape index (κ3) is 3.35. The first kappa shape index (κ1) is 13.6. The van der Waals surface area contributed by atoms with Gasteiger partial charge in [-0.2, -0.15) is 0 Å². The van der Waals surface area contributed by atoms with Gasteiger partial charge >= 0.3 is 5.97 Å². The van der Waals surface area contributed by atoms with Crippen LogP contribution in [0.2, 0.25) is 0 Å². The van der Waals surface area contributed by atoms with Gasteiger partial charge in [-0.25, -0.2) is 9.18 Å². The highest BCUT2D eigenvalue weighted by atomic mass is 32.2. The molecule has 19 heavy (non-hydrogen) atoms. The van der Waals surface area contributed by atoms with Crippen LogP contribution >= 0.6 is 11.8 Å². The molecule has 2 aromatic rings. The second-order valence-electron chi connectivity index (χ2n) is 4.16. The highest BCUT2D eigenvalue weighted by Crippen LogP contribution is 2.26. The fraction of sp³-hybridized carbons (Fsp3) is 0.133. The molecule has 1 N–H and O–H groups in total. The minimum absolute atomic E-state index is 0.283. The van der Waals surface area contributed by atoms with Gasteiger partial charge in [0.2, 0.25) is 0 Å². The van der Waals surface area contributed by atoms with Crippen molar-refractivity contribution < 1.29 is 14.3 Å². The second-order valence-corrected chi connectivity index (χ2v) is 5.21. The van der Waals surface area contributed by atoms with E-state index < -0.39 is 11.8 Å². The average molecular weight is 276 g/mol. The van der Waals surface area contributed by atoms with Gasteiger partial charge in [-0.05, 0) is 36.2 Å². The minimum atomic E-state index is -1.24. The van der Waals surface area contributed by atoms with E-state index in [1.165, 1.54) is 35.0 Å². The maximum absolute atomic E-state index is 13.3. The van der Waals surface area contributed by atoms with Gasteiger partial charge in [0.25, 0.3) is 0 Å². The summed E-state index contributed by atoms with van der Waals surface area (Å²) in [6, 6.07) is 12.2. The van der Waals surface area contributed by atoms with E-state index >= 15 is 0 Å². The average Bonchev–Trinajstić information content (AvgIpc) is 2.39. The molecule has 0 atom stereocenters. The largest absolute Gasteiger partial charge is 0.478 e. The molecule has 0 saturated heterocycles. The van der Waals surface area contributed by atoms with Crippen LogP contribution in [0.15, 0.2) is 47.4 Å². The Morgan fingerprint density at radius 1 is 1.26 bits per heavy atom. The number of rotatable bonds is 4. The van der Waals surface area contributed by atoms with Crippen LogP contribution in [0.5, 0.6) is 0 Å². The minimum Gasteiger partial charge on any atom is -0.478 e. The molecule has 0 heterocycles. The molecule has 2 aromatic carbocycles. The Balaban J connectivity index is 2.14. The Morgan fingerprint density at radius 3 is 2.68 bits per heavy atom. The molecule has 0 aliphatic rings. The van der Waals surface area contributed by atoms with E-state index in [9.17, 15) is 9.18 Å². The Morgan fingerprint density at radius 2 is 2.00 bits per heavy atom. The van der Waals surface area contributed by atoms with E-state index in [0.29, 0.717) is 0 Å². The molecule has 0 aromatic heterocycles. The molecule has 0 spiro atoms. The fourth-order valence-corrected chi connectivity index (χ4v) is 2.70. The molecule has 2 nitrogen and oxygen atoms in total. The van der Waals surface area contributed by atoms with Crippen LogP contribution in [0, 0.1) is 12.7 Å². The number of carboxylic acids is 1. The number of aromatic carboxylic acids is 1. The number of benzene rings is 2.